The van der Waals surface area contributed by atoms with Gasteiger partial charge in [-0.1, -0.05) is 24.3 Å². The van der Waals surface area contributed by atoms with Gasteiger partial charge in [0, 0.05) is 13.2 Å². The first kappa shape index (κ1) is 12.0. The average Bonchev–Trinajstić information content (AvgIpc) is 2.45. The Balaban J connectivity index is 3.34. The Labute approximate surface area is 101 Å². The number of carbonyl (C=O) groups is 1. The molecule has 1 amide bonds. The Morgan fingerprint density at radius 3 is 2.73 bits per heavy atom. The van der Waals surface area contributed by atoms with Crippen molar-refractivity contribution in [2.24, 2.45) is 12.8 Å². The van der Waals surface area contributed by atoms with Gasteiger partial charge in [-0.3, -0.25) is 4.79 Å². The molecule has 80 valence electrons. The topological polar surface area (TPSA) is 60.9 Å². The summed E-state index contributed by atoms with van der Waals surface area (Å²) < 4.78 is 2.31. The maximum atomic E-state index is 11.0. The summed E-state index contributed by atoms with van der Waals surface area (Å²) in [7, 11) is 1.76. The first-order valence-corrected chi connectivity index (χ1v) is 5.15. The third-order valence-electron chi connectivity index (χ3n) is 1.75. The Bertz CT molecular complexity index is 450. The molecule has 1 aromatic heterocycles. The molecule has 0 aliphatic carbocycles. The minimum atomic E-state index is -0.630. The summed E-state index contributed by atoms with van der Waals surface area (Å²) in [5.74, 6) is -0.175. The third-order valence-corrected chi connectivity index (χ3v) is 2.50. The zero-order valence-electron chi connectivity index (χ0n) is 8.00. The van der Waals surface area contributed by atoms with E-state index in [2.05, 4.69) is 27.5 Å². The van der Waals surface area contributed by atoms with Crippen LogP contribution in [0.1, 0.15) is 5.82 Å². The number of primary amides is 1. The van der Waals surface area contributed by atoms with Crippen molar-refractivity contribution in [1.82, 2.24) is 9.55 Å². The summed E-state index contributed by atoms with van der Waals surface area (Å²) in [6.07, 6.45) is 3.03. The highest BCUT2D eigenvalue weighted by molar-refractivity contribution is 9.10. The second kappa shape index (κ2) is 4.63. The van der Waals surface area contributed by atoms with Crippen molar-refractivity contribution >= 4 is 38.5 Å². The monoisotopic (exact) mass is 289 g/mol. The van der Waals surface area contributed by atoms with Crippen LogP contribution < -0.4 is 5.73 Å². The molecule has 0 unspecified atom stereocenters. The van der Waals surface area contributed by atoms with Crippen molar-refractivity contribution < 1.29 is 4.79 Å². The lowest BCUT2D eigenvalue weighted by molar-refractivity contribution is -0.114. The van der Waals surface area contributed by atoms with Gasteiger partial charge in [0.05, 0.1) is 10.6 Å². The van der Waals surface area contributed by atoms with Crippen molar-refractivity contribution in [2.75, 3.05) is 0 Å². The zero-order chi connectivity index (χ0) is 11.6. The highest BCUT2D eigenvalue weighted by Crippen LogP contribution is 2.24. The van der Waals surface area contributed by atoms with Gasteiger partial charge in [0.25, 0.3) is 0 Å². The maximum absolute atomic E-state index is 11.0. The molecule has 1 aromatic rings. The van der Waals surface area contributed by atoms with E-state index < -0.39 is 5.91 Å². The van der Waals surface area contributed by atoms with E-state index in [0.717, 1.165) is 0 Å². The number of imidazole rings is 1. The summed E-state index contributed by atoms with van der Waals surface area (Å²) >= 11 is 9.19. The van der Waals surface area contributed by atoms with Crippen molar-refractivity contribution in [3.63, 3.8) is 0 Å². The van der Waals surface area contributed by atoms with E-state index in [1.807, 2.05) is 0 Å². The van der Waals surface area contributed by atoms with Crippen LogP contribution >= 0.6 is 27.5 Å². The maximum Gasteiger partial charge on any atom is 0.250 e. The van der Waals surface area contributed by atoms with E-state index in [1.54, 1.807) is 17.8 Å². The van der Waals surface area contributed by atoms with Crippen LogP contribution in [0.4, 0.5) is 0 Å². The third kappa shape index (κ3) is 2.49. The van der Waals surface area contributed by atoms with Crippen LogP contribution in [0.5, 0.6) is 0 Å². The van der Waals surface area contributed by atoms with Gasteiger partial charge in [0.1, 0.15) is 4.60 Å². The molecule has 4 nitrogen and oxygen atoms in total. The quantitative estimate of drug-likeness (QED) is 0.681. The Hall–Kier alpha value is -1.07. The molecule has 1 rings (SSSR count). The molecular formula is C9H9BrClN3O. The van der Waals surface area contributed by atoms with Crippen LogP contribution in [0.2, 0.25) is 0 Å². The van der Waals surface area contributed by atoms with E-state index in [4.69, 9.17) is 17.3 Å². The van der Waals surface area contributed by atoms with Crippen LogP contribution in [-0.4, -0.2) is 15.5 Å². The number of nitrogens with zero attached hydrogens (tertiary/aromatic N) is 2. The lowest BCUT2D eigenvalue weighted by atomic mass is 10.2. The molecule has 0 aromatic carbocycles. The minimum Gasteiger partial charge on any atom is -0.366 e. The fourth-order valence-electron chi connectivity index (χ4n) is 1.05. The Morgan fingerprint density at radius 2 is 2.40 bits per heavy atom. The number of amides is 1. The van der Waals surface area contributed by atoms with Gasteiger partial charge in [-0.15, -0.1) is 0 Å². The van der Waals surface area contributed by atoms with Gasteiger partial charge in [-0.05, 0) is 15.9 Å². The second-order valence-electron chi connectivity index (χ2n) is 2.79. The zero-order valence-corrected chi connectivity index (χ0v) is 10.3. The number of aromatic nitrogens is 2. The van der Waals surface area contributed by atoms with Gasteiger partial charge in [0.15, 0.2) is 5.82 Å². The number of aryl methyl sites for hydroxylation is 1. The number of nitrogens with two attached hydrogens (primary N) is 1. The molecule has 2 N–H and O–H groups in total. The van der Waals surface area contributed by atoms with Gasteiger partial charge in [0.2, 0.25) is 5.91 Å². The molecule has 0 aliphatic rings. The number of carbonyl (C=O) groups excluding carboxylic acids is 1. The number of hydrogen-bond donors (Lipinski definition) is 1. The summed E-state index contributed by atoms with van der Waals surface area (Å²) in [5, 5.41) is 0.186. The molecular weight excluding hydrogens is 281 g/mol. The first-order chi connectivity index (χ1) is 6.97. The molecule has 0 atom stereocenters. The van der Waals surface area contributed by atoms with Crippen molar-refractivity contribution in [2.45, 2.75) is 0 Å². The largest absolute Gasteiger partial charge is 0.366 e. The standard InChI is InChI=1S/C9H9BrClN3O/c1-3-5(8(12)15)7(11)9-13-6(10)4-14(9)2/h3-4H,1H2,2H3,(H2,12,15)/b7-5-. The smallest absolute Gasteiger partial charge is 0.250 e. The Morgan fingerprint density at radius 1 is 1.80 bits per heavy atom. The summed E-state index contributed by atoms with van der Waals surface area (Å²) in [4.78, 5) is 15.1. The van der Waals surface area contributed by atoms with E-state index in [1.165, 1.54) is 6.08 Å². The van der Waals surface area contributed by atoms with Crippen LogP contribution in [0.25, 0.3) is 5.03 Å². The fraction of sp³-hybridized carbons (Fsp3) is 0.111. The molecule has 0 saturated carbocycles. The predicted molar refractivity (Wildman–Crippen MR) is 63.1 cm³/mol. The van der Waals surface area contributed by atoms with E-state index >= 15 is 0 Å². The van der Waals surface area contributed by atoms with Crippen molar-refractivity contribution in [1.29, 1.82) is 0 Å². The SMILES string of the molecule is C=C/C(C(N)=O)=C(/Cl)c1nc(Br)cn1C. The molecule has 0 aliphatic heterocycles. The lowest BCUT2D eigenvalue weighted by Crippen LogP contribution is -2.14. The Kier molecular flexibility index (Phi) is 3.71. The van der Waals surface area contributed by atoms with Crippen LogP contribution in [0.3, 0.4) is 0 Å². The number of rotatable bonds is 3. The fourth-order valence-corrected chi connectivity index (χ4v) is 1.87. The molecule has 0 spiro atoms. The first-order valence-electron chi connectivity index (χ1n) is 3.98. The summed E-state index contributed by atoms with van der Waals surface area (Å²) in [5.41, 5.74) is 5.29. The van der Waals surface area contributed by atoms with Crippen molar-refractivity contribution in [3.8, 4) is 0 Å². The van der Waals surface area contributed by atoms with E-state index in [-0.39, 0.29) is 10.6 Å². The van der Waals surface area contributed by atoms with Crippen LogP contribution in [0.15, 0.2) is 29.0 Å². The molecule has 0 saturated heterocycles. The predicted octanol–water partition coefficient (Wildman–Crippen LogP) is 1.80. The number of halogens is 2. The summed E-state index contributed by atoms with van der Waals surface area (Å²) in [6.45, 7) is 3.47. The van der Waals surface area contributed by atoms with E-state index in [9.17, 15) is 4.79 Å². The molecule has 15 heavy (non-hydrogen) atoms. The minimum absolute atomic E-state index is 0.151. The summed E-state index contributed by atoms with van der Waals surface area (Å²) in [6, 6.07) is 0. The lowest BCUT2D eigenvalue weighted by Gasteiger charge is -2.02. The molecule has 6 heteroatoms. The highest BCUT2D eigenvalue weighted by atomic mass is 79.9. The van der Waals surface area contributed by atoms with Gasteiger partial charge in [-0.2, -0.15) is 0 Å². The average molecular weight is 291 g/mol. The normalized spacial score (nSPS) is 12.2. The van der Waals surface area contributed by atoms with Gasteiger partial charge in [-0.25, -0.2) is 4.98 Å². The van der Waals surface area contributed by atoms with E-state index in [0.29, 0.717) is 10.4 Å². The van der Waals surface area contributed by atoms with Gasteiger partial charge >= 0.3 is 0 Å². The second-order valence-corrected chi connectivity index (χ2v) is 3.98. The number of hydrogen-bond acceptors (Lipinski definition) is 2. The molecule has 1 heterocycles. The van der Waals surface area contributed by atoms with Crippen molar-refractivity contribution in [3.05, 3.63) is 34.9 Å². The highest BCUT2D eigenvalue weighted by Gasteiger charge is 2.14. The van der Waals surface area contributed by atoms with Gasteiger partial charge < -0.3 is 10.3 Å². The molecule has 0 bridgehead atoms. The van der Waals surface area contributed by atoms with Crippen LogP contribution in [0, 0.1) is 0 Å². The molecule has 0 fully saturated rings. The molecule has 0 radical (unpaired) electrons. The van der Waals surface area contributed by atoms with Crippen LogP contribution in [-0.2, 0) is 11.8 Å².